The maximum absolute atomic E-state index is 6.93. The molecule has 1 heteroatoms. The van der Waals surface area contributed by atoms with Crippen molar-refractivity contribution in [2.24, 2.45) is 0 Å². The molecule has 11 aromatic rings. The Kier molecular flexibility index (Phi) is 7.25. The third-order valence-electron chi connectivity index (χ3n) is 11.3. The molecule has 0 amide bonds. The Morgan fingerprint density at radius 3 is 1.11 bits per heavy atom. The topological polar surface area (TPSA) is 13.1 Å². The van der Waals surface area contributed by atoms with Crippen LogP contribution in [0.25, 0.3) is 110 Å². The Balaban J connectivity index is 0.992. The summed E-state index contributed by atoms with van der Waals surface area (Å²) in [7, 11) is 0. The Morgan fingerprint density at radius 1 is 0.200 bits per heavy atom. The van der Waals surface area contributed by atoms with Crippen molar-refractivity contribution < 1.29 is 4.42 Å². The van der Waals surface area contributed by atoms with Gasteiger partial charge in [-0.2, -0.15) is 0 Å². The molecule has 0 saturated heterocycles. The molecule has 0 aliphatic carbocycles. The van der Waals surface area contributed by atoms with E-state index < -0.39 is 0 Å². The van der Waals surface area contributed by atoms with Crippen LogP contribution in [0.15, 0.2) is 211 Å². The second kappa shape index (κ2) is 12.7. The van der Waals surface area contributed by atoms with Gasteiger partial charge in [0.15, 0.2) is 0 Å². The standard InChI is InChI=1S/C54H34O/c1-2-12-35(13-3-1)36-26-28-37(29-27-36)38-14-8-16-41(32-38)43-22-10-24-50-51-25-11-23-44(54(51)55-53(43)50)42-17-9-15-39(33-42)40-30-31-49-47-20-5-4-18-45(47)46-19-6-7-21-48(46)52(49)34-40/h1-34H. The van der Waals surface area contributed by atoms with Gasteiger partial charge in [-0.1, -0.05) is 188 Å². The first kappa shape index (κ1) is 31.3. The molecule has 0 spiro atoms. The maximum atomic E-state index is 6.93. The van der Waals surface area contributed by atoms with Crippen molar-refractivity contribution in [1.82, 2.24) is 0 Å². The van der Waals surface area contributed by atoms with Gasteiger partial charge in [0, 0.05) is 21.9 Å². The fourth-order valence-corrected chi connectivity index (χ4v) is 8.58. The molecule has 0 atom stereocenters. The highest BCUT2D eigenvalue weighted by Crippen LogP contribution is 2.42. The van der Waals surface area contributed by atoms with E-state index >= 15 is 0 Å². The Hall–Kier alpha value is -7.22. The smallest absolute Gasteiger partial charge is 0.143 e. The Bertz CT molecular complexity index is 3200. The first-order valence-electron chi connectivity index (χ1n) is 18.9. The summed E-state index contributed by atoms with van der Waals surface area (Å²) in [5.41, 5.74) is 13.4. The summed E-state index contributed by atoms with van der Waals surface area (Å²) in [5, 5.41) is 9.95. The predicted molar refractivity (Wildman–Crippen MR) is 233 cm³/mol. The lowest BCUT2D eigenvalue weighted by Gasteiger charge is -2.12. The second-order valence-corrected chi connectivity index (χ2v) is 14.4. The normalized spacial score (nSPS) is 11.6. The first-order chi connectivity index (χ1) is 27.3. The van der Waals surface area contributed by atoms with Crippen LogP contribution in [-0.2, 0) is 0 Å². The van der Waals surface area contributed by atoms with E-state index in [1.165, 1.54) is 65.7 Å². The van der Waals surface area contributed by atoms with Gasteiger partial charge in [-0.3, -0.25) is 0 Å². The Morgan fingerprint density at radius 2 is 0.545 bits per heavy atom. The van der Waals surface area contributed by atoms with Gasteiger partial charge in [-0.25, -0.2) is 0 Å². The molecule has 1 aromatic heterocycles. The van der Waals surface area contributed by atoms with Crippen molar-refractivity contribution in [3.8, 4) is 55.6 Å². The van der Waals surface area contributed by atoms with Gasteiger partial charge in [-0.15, -0.1) is 0 Å². The lowest BCUT2D eigenvalue weighted by atomic mass is 9.91. The largest absolute Gasteiger partial charge is 0.455 e. The highest BCUT2D eigenvalue weighted by molar-refractivity contribution is 6.25. The number of hydrogen-bond donors (Lipinski definition) is 0. The molecule has 0 bridgehead atoms. The van der Waals surface area contributed by atoms with Crippen molar-refractivity contribution in [1.29, 1.82) is 0 Å². The lowest BCUT2D eigenvalue weighted by molar-refractivity contribution is 0.671. The molecule has 0 N–H and O–H groups in total. The molecule has 11 rings (SSSR count). The molecule has 1 heterocycles. The van der Waals surface area contributed by atoms with Crippen LogP contribution in [0.5, 0.6) is 0 Å². The minimum Gasteiger partial charge on any atom is -0.455 e. The summed E-state index contributed by atoms with van der Waals surface area (Å²) in [4.78, 5) is 0. The van der Waals surface area contributed by atoms with Crippen molar-refractivity contribution in [2.45, 2.75) is 0 Å². The van der Waals surface area contributed by atoms with Crippen molar-refractivity contribution >= 4 is 54.3 Å². The maximum Gasteiger partial charge on any atom is 0.143 e. The van der Waals surface area contributed by atoms with Crippen molar-refractivity contribution in [3.05, 3.63) is 206 Å². The average molecular weight is 699 g/mol. The molecule has 1 nitrogen and oxygen atoms in total. The summed E-state index contributed by atoms with van der Waals surface area (Å²) in [6.45, 7) is 0. The SMILES string of the molecule is c1ccc(-c2ccc(-c3cccc(-c4cccc5c4oc4c(-c6cccc(-c7ccc8c9ccccc9c9ccccc9c8c7)c6)cccc45)c3)cc2)cc1. The molecular formula is C54H34O. The average Bonchev–Trinajstić information content (AvgIpc) is 3.66. The molecule has 0 saturated carbocycles. The molecule has 256 valence electrons. The number of furan rings is 1. The van der Waals surface area contributed by atoms with Gasteiger partial charge >= 0.3 is 0 Å². The summed E-state index contributed by atoms with van der Waals surface area (Å²) >= 11 is 0. The number of rotatable bonds is 5. The van der Waals surface area contributed by atoms with E-state index in [0.29, 0.717) is 0 Å². The van der Waals surface area contributed by atoms with E-state index in [-0.39, 0.29) is 0 Å². The Labute approximate surface area is 319 Å². The highest BCUT2D eigenvalue weighted by atomic mass is 16.3. The van der Waals surface area contributed by atoms with E-state index in [4.69, 9.17) is 4.42 Å². The summed E-state index contributed by atoms with van der Waals surface area (Å²) < 4.78 is 6.93. The summed E-state index contributed by atoms with van der Waals surface area (Å²) in [6, 6.07) is 74.5. The van der Waals surface area contributed by atoms with Crippen LogP contribution in [0, 0.1) is 0 Å². The number of benzene rings is 10. The van der Waals surface area contributed by atoms with Gasteiger partial charge in [0.2, 0.25) is 0 Å². The van der Waals surface area contributed by atoms with Gasteiger partial charge in [0.25, 0.3) is 0 Å². The van der Waals surface area contributed by atoms with Crippen LogP contribution in [-0.4, -0.2) is 0 Å². The van der Waals surface area contributed by atoms with E-state index in [0.717, 1.165) is 44.2 Å². The van der Waals surface area contributed by atoms with Crippen molar-refractivity contribution in [3.63, 3.8) is 0 Å². The number of hydrogen-bond acceptors (Lipinski definition) is 1. The van der Waals surface area contributed by atoms with Crippen LogP contribution >= 0.6 is 0 Å². The second-order valence-electron chi connectivity index (χ2n) is 14.4. The first-order valence-corrected chi connectivity index (χ1v) is 18.9. The zero-order valence-electron chi connectivity index (χ0n) is 30.0. The predicted octanol–water partition coefficient (Wildman–Crippen LogP) is 15.4. The van der Waals surface area contributed by atoms with Crippen LogP contribution < -0.4 is 0 Å². The third kappa shape index (κ3) is 5.24. The molecule has 0 fully saturated rings. The zero-order chi connectivity index (χ0) is 36.3. The molecule has 0 aliphatic heterocycles. The fourth-order valence-electron chi connectivity index (χ4n) is 8.58. The molecule has 0 radical (unpaired) electrons. The molecule has 0 aliphatic rings. The van der Waals surface area contributed by atoms with Gasteiger partial charge < -0.3 is 4.42 Å². The van der Waals surface area contributed by atoms with Crippen LogP contribution in [0.2, 0.25) is 0 Å². The molecule has 55 heavy (non-hydrogen) atoms. The van der Waals surface area contributed by atoms with Crippen LogP contribution in [0.4, 0.5) is 0 Å². The molecule has 0 unspecified atom stereocenters. The quantitative estimate of drug-likeness (QED) is 0.163. The number of fused-ring (bicyclic) bond motifs is 9. The third-order valence-corrected chi connectivity index (χ3v) is 11.3. The van der Waals surface area contributed by atoms with Crippen LogP contribution in [0.1, 0.15) is 0 Å². The van der Waals surface area contributed by atoms with Gasteiger partial charge in [0.05, 0.1) is 0 Å². The minimum absolute atomic E-state index is 0.908. The van der Waals surface area contributed by atoms with Crippen molar-refractivity contribution in [2.75, 3.05) is 0 Å². The minimum atomic E-state index is 0.908. The van der Waals surface area contributed by atoms with Crippen LogP contribution in [0.3, 0.4) is 0 Å². The van der Waals surface area contributed by atoms with E-state index in [1.54, 1.807) is 0 Å². The van der Waals surface area contributed by atoms with E-state index in [2.05, 4.69) is 206 Å². The van der Waals surface area contributed by atoms with E-state index in [1.807, 2.05) is 0 Å². The number of para-hydroxylation sites is 2. The fraction of sp³-hybridized carbons (Fsp3) is 0. The monoisotopic (exact) mass is 698 g/mol. The summed E-state index contributed by atoms with van der Waals surface area (Å²) in [5.74, 6) is 0. The summed E-state index contributed by atoms with van der Waals surface area (Å²) in [6.07, 6.45) is 0. The zero-order valence-corrected chi connectivity index (χ0v) is 30.0. The molecule has 10 aromatic carbocycles. The van der Waals surface area contributed by atoms with E-state index in [9.17, 15) is 0 Å². The lowest BCUT2D eigenvalue weighted by Crippen LogP contribution is -1.86. The van der Waals surface area contributed by atoms with Gasteiger partial charge in [-0.05, 0) is 95.0 Å². The molecular weight excluding hydrogens is 665 g/mol. The van der Waals surface area contributed by atoms with Gasteiger partial charge in [0.1, 0.15) is 11.2 Å². The highest BCUT2D eigenvalue weighted by Gasteiger charge is 2.17.